The molecule has 1 aliphatic heterocycles. The van der Waals surface area contributed by atoms with Gasteiger partial charge in [-0.25, -0.2) is 9.66 Å². The number of ether oxygens (including phenoxy) is 1. The second kappa shape index (κ2) is 7.48. The fourth-order valence-electron chi connectivity index (χ4n) is 3.38. The van der Waals surface area contributed by atoms with Crippen LogP contribution in [0.4, 0.5) is 5.95 Å². The highest BCUT2D eigenvalue weighted by molar-refractivity contribution is 6.30. The Bertz CT molecular complexity index is 1040. The summed E-state index contributed by atoms with van der Waals surface area (Å²) in [5.41, 5.74) is 9.95. The number of anilines is 1. The maximum absolute atomic E-state index is 12.8. The first-order valence-electron chi connectivity index (χ1n) is 9.02. The first kappa shape index (κ1) is 18.3. The van der Waals surface area contributed by atoms with Crippen molar-refractivity contribution < 1.29 is 9.53 Å². The van der Waals surface area contributed by atoms with Crippen LogP contribution in [0.3, 0.4) is 0 Å². The van der Waals surface area contributed by atoms with Gasteiger partial charge in [-0.15, -0.1) is 0 Å². The normalized spacial score (nSPS) is 15.6. The Kier molecular flexibility index (Phi) is 4.88. The van der Waals surface area contributed by atoms with Crippen molar-refractivity contribution in [3.63, 3.8) is 0 Å². The number of fused-ring (bicyclic) bond motifs is 1. The summed E-state index contributed by atoms with van der Waals surface area (Å²) in [6, 6.07) is 17.0. The molecule has 1 aromatic heterocycles. The number of esters is 1. The van der Waals surface area contributed by atoms with Crippen LogP contribution in [-0.4, -0.2) is 27.9 Å². The first-order valence-corrected chi connectivity index (χ1v) is 9.40. The number of nitrogens with zero attached hydrogens (tertiary/aromatic N) is 3. The summed E-state index contributed by atoms with van der Waals surface area (Å²) < 4.78 is 6.90. The highest BCUT2D eigenvalue weighted by Crippen LogP contribution is 2.37. The fraction of sp³-hybridized carbons (Fsp3) is 0.190. The zero-order chi connectivity index (χ0) is 19.7. The maximum atomic E-state index is 12.8. The largest absolute Gasteiger partial charge is 0.465 e. The summed E-state index contributed by atoms with van der Waals surface area (Å²) in [5, 5.41) is 5.31. The quantitative estimate of drug-likeness (QED) is 0.675. The van der Waals surface area contributed by atoms with E-state index in [-0.39, 0.29) is 11.9 Å². The van der Waals surface area contributed by atoms with Crippen LogP contribution in [0.5, 0.6) is 0 Å². The van der Waals surface area contributed by atoms with Crippen LogP contribution in [0.25, 0.3) is 11.3 Å². The highest BCUT2D eigenvalue weighted by atomic mass is 35.5. The summed E-state index contributed by atoms with van der Waals surface area (Å²) in [5.74, 6) is -0.639. The zero-order valence-electron chi connectivity index (χ0n) is 15.3. The molecule has 0 fully saturated rings. The second-order valence-corrected chi connectivity index (χ2v) is 6.88. The van der Waals surface area contributed by atoms with Crippen molar-refractivity contribution in [1.82, 2.24) is 9.66 Å². The third kappa shape index (κ3) is 3.27. The van der Waals surface area contributed by atoms with Crippen molar-refractivity contribution in [2.45, 2.75) is 19.3 Å². The number of benzene rings is 2. The van der Waals surface area contributed by atoms with Crippen molar-refractivity contribution in [3.05, 3.63) is 70.9 Å². The van der Waals surface area contributed by atoms with Crippen molar-refractivity contribution >= 4 is 29.2 Å². The summed E-state index contributed by atoms with van der Waals surface area (Å²) in [7, 11) is 0. The average molecular weight is 395 g/mol. The number of hydrogen-bond donors (Lipinski definition) is 1. The van der Waals surface area contributed by atoms with Crippen molar-refractivity contribution in [1.29, 1.82) is 0 Å². The van der Waals surface area contributed by atoms with Crippen LogP contribution in [0.15, 0.2) is 59.7 Å². The SMILES string of the molecule is CCOC(=O)C1CC(c2ccc(Cl)cc2)=Nn2c(N)nc(-c3ccccc3)c21. The number of carbonyl (C=O) groups is 1. The van der Waals surface area contributed by atoms with E-state index in [1.807, 2.05) is 42.5 Å². The van der Waals surface area contributed by atoms with Crippen LogP contribution in [0.1, 0.15) is 30.5 Å². The minimum Gasteiger partial charge on any atom is -0.465 e. The van der Waals surface area contributed by atoms with E-state index in [1.165, 1.54) is 0 Å². The van der Waals surface area contributed by atoms with Crippen LogP contribution in [-0.2, 0) is 9.53 Å². The molecule has 2 N–H and O–H groups in total. The molecule has 0 saturated heterocycles. The minimum atomic E-state index is -0.553. The van der Waals surface area contributed by atoms with Gasteiger partial charge in [-0.2, -0.15) is 5.10 Å². The predicted molar refractivity (Wildman–Crippen MR) is 109 cm³/mol. The first-order chi connectivity index (χ1) is 13.6. The van der Waals surface area contributed by atoms with Crippen molar-refractivity contribution in [2.24, 2.45) is 5.10 Å². The van der Waals surface area contributed by atoms with Gasteiger partial charge in [0.05, 0.1) is 23.7 Å². The molecule has 4 rings (SSSR count). The lowest BCUT2D eigenvalue weighted by Crippen LogP contribution is -2.27. The summed E-state index contributed by atoms with van der Waals surface area (Å²) in [6.07, 6.45) is 0.394. The summed E-state index contributed by atoms with van der Waals surface area (Å²) in [4.78, 5) is 17.3. The second-order valence-electron chi connectivity index (χ2n) is 6.44. The Morgan fingerprint density at radius 1 is 1.18 bits per heavy atom. The van der Waals surface area contributed by atoms with E-state index in [4.69, 9.17) is 22.1 Å². The topological polar surface area (TPSA) is 82.5 Å². The molecule has 28 heavy (non-hydrogen) atoms. The molecule has 2 aromatic carbocycles. The zero-order valence-corrected chi connectivity index (χ0v) is 16.1. The molecule has 2 heterocycles. The highest BCUT2D eigenvalue weighted by Gasteiger charge is 2.36. The van der Waals surface area contributed by atoms with Gasteiger partial charge in [0.2, 0.25) is 5.95 Å². The lowest BCUT2D eigenvalue weighted by Gasteiger charge is -2.23. The molecule has 0 saturated carbocycles. The Hall–Kier alpha value is -3.12. The van der Waals surface area contributed by atoms with Crippen molar-refractivity contribution in [3.8, 4) is 11.3 Å². The van der Waals surface area contributed by atoms with Gasteiger partial charge < -0.3 is 10.5 Å². The molecule has 0 radical (unpaired) electrons. The van der Waals surface area contributed by atoms with Gasteiger partial charge in [0.15, 0.2) is 0 Å². The van der Waals surface area contributed by atoms with Gasteiger partial charge in [0.1, 0.15) is 5.92 Å². The number of rotatable bonds is 4. The molecule has 6 nitrogen and oxygen atoms in total. The molecular formula is C21H19ClN4O2. The number of carbonyl (C=O) groups excluding carboxylic acids is 1. The van der Waals surface area contributed by atoms with Crippen LogP contribution in [0.2, 0.25) is 5.02 Å². The minimum absolute atomic E-state index is 0.231. The van der Waals surface area contributed by atoms with E-state index >= 15 is 0 Å². The molecule has 7 heteroatoms. The van der Waals surface area contributed by atoms with Gasteiger partial charge in [0, 0.05) is 17.0 Å². The van der Waals surface area contributed by atoms with Gasteiger partial charge in [-0.05, 0) is 24.6 Å². The molecule has 142 valence electrons. The smallest absolute Gasteiger partial charge is 0.315 e. The summed E-state index contributed by atoms with van der Waals surface area (Å²) in [6.45, 7) is 2.09. The van der Waals surface area contributed by atoms with E-state index in [1.54, 1.807) is 23.7 Å². The van der Waals surface area contributed by atoms with E-state index in [9.17, 15) is 4.79 Å². The van der Waals surface area contributed by atoms with E-state index in [0.717, 1.165) is 16.8 Å². The molecule has 0 aliphatic carbocycles. The monoisotopic (exact) mass is 394 g/mol. The van der Waals surface area contributed by atoms with E-state index in [2.05, 4.69) is 10.1 Å². The molecule has 1 atom stereocenters. The van der Waals surface area contributed by atoms with Gasteiger partial charge in [-0.3, -0.25) is 4.79 Å². The number of hydrogen-bond acceptors (Lipinski definition) is 5. The molecular weight excluding hydrogens is 376 g/mol. The van der Waals surface area contributed by atoms with Crippen LogP contribution >= 0.6 is 11.6 Å². The Balaban J connectivity index is 1.88. The predicted octanol–water partition coefficient (Wildman–Crippen LogP) is 4.09. The lowest BCUT2D eigenvalue weighted by molar-refractivity contribution is -0.145. The fourth-order valence-corrected chi connectivity index (χ4v) is 3.50. The third-order valence-electron chi connectivity index (χ3n) is 4.66. The third-order valence-corrected chi connectivity index (χ3v) is 4.91. The van der Waals surface area contributed by atoms with Gasteiger partial charge in [0.25, 0.3) is 0 Å². The van der Waals surface area contributed by atoms with Gasteiger partial charge >= 0.3 is 5.97 Å². The van der Waals surface area contributed by atoms with Crippen LogP contribution in [0, 0.1) is 0 Å². The Morgan fingerprint density at radius 2 is 1.89 bits per heavy atom. The number of imidazole rings is 1. The van der Waals surface area contributed by atoms with Crippen molar-refractivity contribution in [2.75, 3.05) is 12.3 Å². The molecule has 0 bridgehead atoms. The van der Waals surface area contributed by atoms with E-state index in [0.29, 0.717) is 29.4 Å². The number of nitrogens with two attached hydrogens (primary N) is 1. The van der Waals surface area contributed by atoms with E-state index < -0.39 is 5.92 Å². The lowest BCUT2D eigenvalue weighted by atomic mass is 9.91. The Labute approximate surface area is 167 Å². The average Bonchev–Trinajstić information content (AvgIpc) is 3.05. The number of halogens is 1. The maximum Gasteiger partial charge on any atom is 0.315 e. The number of nitrogen functional groups attached to an aromatic ring is 1. The molecule has 0 spiro atoms. The standard InChI is InChI=1S/C21H19ClN4O2/c1-2-28-20(27)16-12-17(13-8-10-15(22)11-9-13)25-26-19(16)18(24-21(26)23)14-6-4-3-5-7-14/h3-11,16H,2,12H2,1H3,(H2,23,24). The summed E-state index contributed by atoms with van der Waals surface area (Å²) >= 11 is 6.00. The Morgan fingerprint density at radius 3 is 2.57 bits per heavy atom. The molecule has 3 aromatic rings. The van der Waals surface area contributed by atoms with Crippen LogP contribution < -0.4 is 5.73 Å². The van der Waals surface area contributed by atoms with Gasteiger partial charge in [-0.1, -0.05) is 54.1 Å². The molecule has 0 amide bonds. The number of aromatic nitrogens is 2. The molecule has 1 unspecified atom stereocenters. The molecule has 1 aliphatic rings.